The highest BCUT2D eigenvalue weighted by atomic mass is 32.3. The maximum absolute atomic E-state index is 13.7. The Morgan fingerprint density at radius 1 is 0.721 bits per heavy atom. The monoisotopic (exact) mass is 1240 g/mol. The van der Waals surface area contributed by atoms with E-state index >= 15 is 0 Å². The van der Waals surface area contributed by atoms with Crippen LogP contribution >= 0.6 is 10.9 Å². The normalized spacial score (nSPS) is 15.8. The average Bonchev–Trinajstić information content (AvgIpc) is 1.28. The van der Waals surface area contributed by atoms with Gasteiger partial charge in [-0.25, -0.2) is 13.4 Å². The fourth-order valence-electron chi connectivity index (χ4n) is 9.83. The summed E-state index contributed by atoms with van der Waals surface area (Å²) in [5.74, 6) is -4.96. The lowest BCUT2D eigenvalue weighted by Crippen LogP contribution is -2.56. The van der Waals surface area contributed by atoms with Crippen molar-refractivity contribution >= 4 is 73.3 Å². The SMILES string of the molecule is CC[C@H](NC(=O)CN1CCN(CC)CCN(CC)CCN(CC)CC1)C(=O)N[C@@H](CS(O)(O)O)C(=O)NCCNC(=O)CCCOc1cc(C)c(S(=O)(=O)N[C@@H](CNC(=O)c2cn(C)c3cc(CNc4nccn4C)ccc3c2=O)C(=O)O)c(C)c1. The van der Waals surface area contributed by atoms with Crippen LogP contribution in [0.4, 0.5) is 5.95 Å². The highest BCUT2D eigenvalue weighted by Gasteiger charge is 2.32. The molecule has 0 saturated carbocycles. The molecule has 4 aromatic rings. The molecule has 28 nitrogen and oxygen atoms in total. The van der Waals surface area contributed by atoms with E-state index in [9.17, 15) is 60.7 Å². The largest absolute Gasteiger partial charge is 0.494 e. The lowest BCUT2D eigenvalue weighted by atomic mass is 10.1. The number of carboxylic acids is 1. The van der Waals surface area contributed by atoms with Crippen LogP contribution in [0, 0.1) is 13.8 Å². The van der Waals surface area contributed by atoms with Crippen molar-refractivity contribution in [1.82, 2.24) is 65.0 Å². The molecule has 3 atom stereocenters. The van der Waals surface area contributed by atoms with E-state index in [1.54, 1.807) is 49.1 Å². The number of aromatic nitrogens is 3. The fourth-order valence-corrected chi connectivity index (χ4v) is 12.2. The number of sulfonamides is 1. The molecule has 1 fully saturated rings. The summed E-state index contributed by atoms with van der Waals surface area (Å²) >= 11 is 0. The number of anilines is 1. The summed E-state index contributed by atoms with van der Waals surface area (Å²) in [7, 11) is -5.30. The number of ether oxygens (including phenoxy) is 1. The van der Waals surface area contributed by atoms with E-state index in [1.807, 2.05) is 11.6 Å². The first-order valence-corrected chi connectivity index (χ1v) is 32.0. The van der Waals surface area contributed by atoms with Crippen molar-refractivity contribution in [3.05, 3.63) is 81.4 Å². The van der Waals surface area contributed by atoms with Crippen LogP contribution in [0.5, 0.6) is 5.75 Å². The molecule has 11 N–H and O–H groups in total. The number of hydrogen-bond donors (Lipinski definition) is 11. The number of aliphatic carboxylic acids is 1. The standard InChI is InChI=1S/C56H88N14O14S2/c1-9-44(62-49(72)36-70-27-25-68(11-3)23-21-67(10-2)22-24-69(12-4)26-28-70)54(76)63-46(37-85(79,80)81)53(75)58-18-17-57-48(71)14-13-29-84-41-30-38(5)51(39(6)31-41)86(82,83)64-45(55(77)78)34-60-52(74)43-35-66(8)47-32-40(15-16-42(47)50(43)73)33-61-56-59-19-20-65(56)7/h15-16,19-20,30-32,35,44-46,64,79-81H,9-14,17-18,21-29,33-34,36-37H2,1-8H3,(H,57,71)(H,58,75)(H,59,61)(H,60,74)(H,62,72)(H,63,76)(H,77,78)/t44-,45-,46-/m0/s1. The molecule has 478 valence electrons. The highest BCUT2D eigenvalue weighted by molar-refractivity contribution is 8.19. The van der Waals surface area contributed by atoms with Gasteiger partial charge in [0, 0.05) is 123 Å². The zero-order valence-electron chi connectivity index (χ0n) is 50.5. The molecular weight excluding hydrogens is 1160 g/mol. The van der Waals surface area contributed by atoms with Gasteiger partial charge in [-0.1, -0.05) is 33.8 Å². The van der Waals surface area contributed by atoms with Crippen LogP contribution in [0.3, 0.4) is 0 Å². The maximum atomic E-state index is 13.7. The number of aryl methyl sites for hydroxylation is 4. The van der Waals surface area contributed by atoms with E-state index in [2.05, 4.69) is 82.0 Å². The summed E-state index contributed by atoms with van der Waals surface area (Å²) in [5, 5.41) is 26.2. The molecule has 1 aliphatic rings. The molecule has 1 saturated heterocycles. The van der Waals surface area contributed by atoms with Crippen molar-refractivity contribution in [2.24, 2.45) is 14.1 Å². The Morgan fingerprint density at radius 2 is 1.31 bits per heavy atom. The molecular formula is C56H88N14O14S2. The molecule has 5 rings (SSSR count). The van der Waals surface area contributed by atoms with E-state index in [0.29, 0.717) is 31.1 Å². The van der Waals surface area contributed by atoms with Gasteiger partial charge >= 0.3 is 5.97 Å². The number of fused-ring (bicyclic) bond motifs is 1. The zero-order chi connectivity index (χ0) is 63.3. The van der Waals surface area contributed by atoms with Crippen LogP contribution < -0.4 is 46.8 Å². The first-order valence-electron chi connectivity index (χ1n) is 28.9. The molecule has 2 aromatic carbocycles. The highest BCUT2D eigenvalue weighted by Crippen LogP contribution is 2.33. The molecule has 5 amide bonds. The first-order chi connectivity index (χ1) is 40.7. The van der Waals surface area contributed by atoms with Crippen molar-refractivity contribution < 1.29 is 60.7 Å². The van der Waals surface area contributed by atoms with E-state index in [4.69, 9.17) is 4.74 Å². The number of imidazole rings is 1. The van der Waals surface area contributed by atoms with E-state index in [-0.39, 0.29) is 78.2 Å². The quantitative estimate of drug-likeness (QED) is 0.0324. The zero-order valence-corrected chi connectivity index (χ0v) is 52.2. The number of carboxylic acid groups (broad SMARTS) is 1. The third-order valence-corrected chi connectivity index (χ3v) is 17.4. The van der Waals surface area contributed by atoms with Gasteiger partial charge in [0.15, 0.2) is 0 Å². The molecule has 0 radical (unpaired) electrons. The van der Waals surface area contributed by atoms with Crippen LogP contribution in [0.1, 0.15) is 74.0 Å². The number of likely N-dealkylation sites (N-methyl/N-ethyl adjacent to an activating group) is 3. The Hall–Kier alpha value is -6.74. The number of hydrogen-bond acceptors (Lipinski definition) is 19. The minimum absolute atomic E-state index is 0.0182. The number of rotatable bonds is 30. The summed E-state index contributed by atoms with van der Waals surface area (Å²) in [6.45, 7) is 19.8. The topological polar surface area (TPSA) is 364 Å². The van der Waals surface area contributed by atoms with Gasteiger partial charge in [0.1, 0.15) is 29.4 Å². The third-order valence-electron chi connectivity index (χ3n) is 14.8. The van der Waals surface area contributed by atoms with Crippen LogP contribution in [0.2, 0.25) is 0 Å². The summed E-state index contributed by atoms with van der Waals surface area (Å²) in [4.78, 5) is 105. The molecule has 86 heavy (non-hydrogen) atoms. The molecule has 0 unspecified atom stereocenters. The first kappa shape index (κ1) is 70.0. The second-order valence-corrected chi connectivity index (χ2v) is 24.5. The fraction of sp³-hybridized carbons (Fsp3) is 0.571. The number of carbonyl (C=O) groups is 6. The summed E-state index contributed by atoms with van der Waals surface area (Å²) in [5.41, 5.74) is 0.926. The number of amides is 5. The number of nitrogens with zero attached hydrogens (tertiary/aromatic N) is 7. The van der Waals surface area contributed by atoms with E-state index in [0.717, 1.165) is 64.5 Å². The summed E-state index contributed by atoms with van der Waals surface area (Å²) in [6, 6.07) is 3.46. The molecule has 0 spiro atoms. The number of pyridine rings is 1. The Labute approximate surface area is 504 Å². The Bertz CT molecular complexity index is 3090. The number of nitrogens with one attached hydrogen (secondary N) is 7. The molecule has 2 aromatic heterocycles. The molecule has 0 aliphatic carbocycles. The van der Waals surface area contributed by atoms with E-state index < -0.39 is 92.3 Å². The van der Waals surface area contributed by atoms with Crippen molar-refractivity contribution in [3.63, 3.8) is 0 Å². The van der Waals surface area contributed by atoms with E-state index in [1.165, 1.54) is 32.2 Å². The van der Waals surface area contributed by atoms with Crippen molar-refractivity contribution in [2.75, 3.05) is 116 Å². The summed E-state index contributed by atoms with van der Waals surface area (Å²) in [6.07, 6.45) is 5.11. The second kappa shape index (κ2) is 33.4. The van der Waals surface area contributed by atoms with Crippen LogP contribution in [-0.4, -0.2) is 225 Å². The lowest BCUT2D eigenvalue weighted by molar-refractivity contribution is -0.138. The second-order valence-electron chi connectivity index (χ2n) is 21.2. The third kappa shape index (κ3) is 21.6. The summed E-state index contributed by atoms with van der Waals surface area (Å²) < 4.78 is 68.5. The maximum Gasteiger partial charge on any atom is 0.323 e. The van der Waals surface area contributed by atoms with Gasteiger partial charge in [-0.2, -0.15) is 4.72 Å². The molecule has 3 heterocycles. The number of benzene rings is 2. The molecule has 1 aliphatic heterocycles. The van der Waals surface area contributed by atoms with Crippen molar-refractivity contribution in [1.29, 1.82) is 0 Å². The Kier molecular flexibility index (Phi) is 27.2. The van der Waals surface area contributed by atoms with Gasteiger partial charge in [-0.05, 0) is 87.3 Å². The lowest BCUT2D eigenvalue weighted by Gasteiger charge is -2.33. The average molecular weight is 1250 g/mol. The predicted molar refractivity (Wildman–Crippen MR) is 328 cm³/mol. The van der Waals surface area contributed by atoms with Gasteiger partial charge < -0.3 is 79.2 Å². The van der Waals surface area contributed by atoms with Crippen molar-refractivity contribution in [3.8, 4) is 5.75 Å². The van der Waals surface area contributed by atoms with Gasteiger partial charge in [0.2, 0.25) is 45.0 Å². The minimum Gasteiger partial charge on any atom is -0.494 e. The van der Waals surface area contributed by atoms with Crippen LogP contribution in [0.25, 0.3) is 10.9 Å². The van der Waals surface area contributed by atoms with Gasteiger partial charge in [0.25, 0.3) is 5.91 Å². The Morgan fingerprint density at radius 3 is 1.86 bits per heavy atom. The van der Waals surface area contributed by atoms with Crippen molar-refractivity contribution in [2.45, 2.75) is 90.4 Å². The Balaban J connectivity index is 1.06. The minimum atomic E-state index is -4.52. The molecule has 30 heteroatoms. The smallest absolute Gasteiger partial charge is 0.323 e. The molecule has 0 bridgehead atoms. The van der Waals surface area contributed by atoms with Gasteiger partial charge in [0.05, 0.1) is 40.2 Å². The van der Waals surface area contributed by atoms with Gasteiger partial charge in [-0.3, -0.25) is 38.5 Å². The van der Waals surface area contributed by atoms with Crippen LogP contribution in [-0.2, 0) is 54.6 Å². The van der Waals surface area contributed by atoms with Crippen LogP contribution in [0.15, 0.2) is 58.6 Å². The number of carbonyl (C=O) groups excluding carboxylic acids is 5. The van der Waals surface area contributed by atoms with Gasteiger partial charge in [-0.15, -0.1) is 0 Å². The predicted octanol–water partition coefficient (Wildman–Crippen LogP) is 0.938.